The Hall–Kier alpha value is -5.75. The van der Waals surface area contributed by atoms with Crippen molar-refractivity contribution in [2.24, 2.45) is 0 Å². The minimum Gasteiger partial charge on any atom is -0.453 e. The molecule has 4 aliphatic rings. The van der Waals surface area contributed by atoms with Gasteiger partial charge in [-0.1, -0.05) is 84.9 Å². The van der Waals surface area contributed by atoms with Crippen LogP contribution in [-0.4, -0.2) is 91.9 Å². The number of carbonyl (C=O) groups excluding carboxylic acids is 3. The van der Waals surface area contributed by atoms with Gasteiger partial charge in [-0.25, -0.2) is 14.8 Å². The lowest BCUT2D eigenvalue weighted by Crippen LogP contribution is -2.49. The van der Waals surface area contributed by atoms with E-state index in [9.17, 15) is 14.4 Å². The molecule has 4 atom stereocenters. The van der Waals surface area contributed by atoms with Crippen LogP contribution < -0.4 is 5.32 Å². The topological polar surface area (TPSA) is 140 Å². The van der Waals surface area contributed by atoms with E-state index < -0.39 is 12.1 Å². The van der Waals surface area contributed by atoms with Crippen LogP contribution in [-0.2, 0) is 20.7 Å². The lowest BCUT2D eigenvalue weighted by Gasteiger charge is -2.33. The first-order valence-electron chi connectivity index (χ1n) is 22.4. The average Bonchev–Trinajstić information content (AvgIpc) is 4.17. The van der Waals surface area contributed by atoms with Gasteiger partial charge in [-0.2, -0.15) is 0 Å². The van der Waals surface area contributed by atoms with E-state index in [1.807, 2.05) is 65.8 Å². The fraction of sp³-hybridized carbons (Fsp3) is 0.449. The molecule has 318 valence electrons. The molecule has 3 N–H and O–H groups in total. The van der Waals surface area contributed by atoms with Crippen LogP contribution in [0.25, 0.3) is 11.3 Å². The third-order valence-corrected chi connectivity index (χ3v) is 13.7. The number of hydrogen-bond donors (Lipinski definition) is 3. The monoisotopic (exact) mass is 822 g/mol. The van der Waals surface area contributed by atoms with Crippen molar-refractivity contribution in [1.29, 1.82) is 0 Å². The van der Waals surface area contributed by atoms with Gasteiger partial charge in [0, 0.05) is 37.3 Å². The zero-order valence-electron chi connectivity index (χ0n) is 35.2. The number of imidazole rings is 2. The van der Waals surface area contributed by atoms with Gasteiger partial charge >= 0.3 is 6.09 Å². The minimum absolute atomic E-state index is 0.0531. The van der Waals surface area contributed by atoms with Gasteiger partial charge in [0.15, 0.2) is 0 Å². The van der Waals surface area contributed by atoms with E-state index in [0.29, 0.717) is 24.8 Å². The summed E-state index contributed by atoms with van der Waals surface area (Å²) in [5, 5.41) is 2.78. The predicted molar refractivity (Wildman–Crippen MR) is 233 cm³/mol. The molecular weight excluding hydrogens is 765 g/mol. The second kappa shape index (κ2) is 18.5. The fourth-order valence-electron chi connectivity index (χ4n) is 10.4. The molecule has 0 radical (unpaired) electrons. The number of carbonyl (C=O) groups is 3. The molecule has 9 rings (SSSR count). The molecule has 5 aromatic rings. The lowest BCUT2D eigenvalue weighted by molar-refractivity contribution is -0.138. The van der Waals surface area contributed by atoms with Gasteiger partial charge in [0.2, 0.25) is 11.8 Å². The molecule has 5 heterocycles. The van der Waals surface area contributed by atoms with Gasteiger partial charge in [-0.3, -0.25) is 14.5 Å². The standard InChI is InChI=1S/C49H58N8O4/c1-61-49(60)54-39(30-33-12-4-2-5-13-33)47(58)56-28-10-16-42(56)45-50-31-40(52-45)36-22-18-34(19-23-36)35-20-24-37(25-21-35)41-32-51-46(53-41)43-17-11-29-57(43)48(59)44(55-26-8-9-27-55)38-14-6-3-7-15-38/h2-7,12-15,20-21,24-25,31-32,34,36,39,42-44H,8-11,16-19,22-23,26-30H2,1H3,(H,50,52)(H,51,53)(H,54,60). The number of likely N-dealkylation sites (tertiary alicyclic amines) is 3. The summed E-state index contributed by atoms with van der Waals surface area (Å²) >= 11 is 0. The summed E-state index contributed by atoms with van der Waals surface area (Å²) in [5.41, 5.74) is 6.63. The first-order chi connectivity index (χ1) is 29.9. The van der Waals surface area contributed by atoms with Crippen molar-refractivity contribution in [2.45, 2.75) is 107 Å². The summed E-state index contributed by atoms with van der Waals surface area (Å²) in [6, 6.07) is 27.8. The van der Waals surface area contributed by atoms with Crippen molar-refractivity contribution < 1.29 is 19.1 Å². The van der Waals surface area contributed by atoms with E-state index >= 15 is 0 Å². The Morgan fingerprint density at radius 3 is 1.97 bits per heavy atom. The zero-order chi connectivity index (χ0) is 41.7. The van der Waals surface area contributed by atoms with E-state index in [2.05, 4.69) is 61.5 Å². The number of alkyl carbamates (subject to hydrolysis) is 1. The van der Waals surface area contributed by atoms with Crippen LogP contribution in [0, 0.1) is 0 Å². The quantitative estimate of drug-likeness (QED) is 0.115. The van der Waals surface area contributed by atoms with Crippen LogP contribution in [0.4, 0.5) is 4.79 Å². The normalized spacial score (nSPS) is 22.9. The van der Waals surface area contributed by atoms with Crippen LogP contribution in [0.3, 0.4) is 0 Å². The summed E-state index contributed by atoms with van der Waals surface area (Å²) in [6.07, 6.45) is 13.8. The van der Waals surface area contributed by atoms with Gasteiger partial charge in [-0.05, 0) is 105 Å². The highest BCUT2D eigenvalue weighted by molar-refractivity contribution is 5.86. The number of ether oxygens (including phenoxy) is 1. The number of nitrogens with zero attached hydrogens (tertiary/aromatic N) is 5. The number of H-pyrrole nitrogens is 2. The second-order valence-electron chi connectivity index (χ2n) is 17.4. The predicted octanol–water partition coefficient (Wildman–Crippen LogP) is 8.37. The van der Waals surface area contributed by atoms with E-state index in [1.54, 1.807) is 0 Å². The molecule has 2 aromatic heterocycles. The molecule has 4 unspecified atom stereocenters. The van der Waals surface area contributed by atoms with Gasteiger partial charge < -0.3 is 29.8 Å². The molecule has 3 amide bonds. The van der Waals surface area contributed by atoms with Crippen LogP contribution in [0.1, 0.15) is 128 Å². The highest BCUT2D eigenvalue weighted by Crippen LogP contribution is 2.42. The molecule has 0 bridgehead atoms. The van der Waals surface area contributed by atoms with Crippen molar-refractivity contribution in [3.63, 3.8) is 0 Å². The van der Waals surface area contributed by atoms with Gasteiger partial charge in [0.1, 0.15) is 23.7 Å². The molecular formula is C49H58N8O4. The smallest absolute Gasteiger partial charge is 0.407 e. The SMILES string of the molecule is COC(=O)NC(Cc1ccccc1)C(=O)N1CCCC1c1ncc(C2CCC(c3ccc(-c4cnc(C5CCCN5C(=O)C(c5ccccc5)N5CCCC5)[nH]4)cc3)CC2)[nH]1. The van der Waals surface area contributed by atoms with E-state index in [4.69, 9.17) is 14.7 Å². The van der Waals surface area contributed by atoms with Gasteiger partial charge in [0.25, 0.3) is 0 Å². The highest BCUT2D eigenvalue weighted by atomic mass is 16.5. The maximum Gasteiger partial charge on any atom is 0.407 e. The van der Waals surface area contributed by atoms with Crippen molar-refractivity contribution in [2.75, 3.05) is 33.3 Å². The van der Waals surface area contributed by atoms with Crippen molar-refractivity contribution in [3.05, 3.63) is 131 Å². The minimum atomic E-state index is -0.732. The van der Waals surface area contributed by atoms with Gasteiger partial charge in [-0.15, -0.1) is 0 Å². The third kappa shape index (κ3) is 8.87. The maximum atomic E-state index is 14.3. The Bertz CT molecular complexity index is 2240. The fourth-order valence-corrected chi connectivity index (χ4v) is 10.4. The largest absolute Gasteiger partial charge is 0.453 e. The molecule has 3 aliphatic heterocycles. The third-order valence-electron chi connectivity index (χ3n) is 13.7. The number of methoxy groups -OCH3 is 1. The van der Waals surface area contributed by atoms with E-state index in [-0.39, 0.29) is 29.9 Å². The molecule has 3 aromatic carbocycles. The van der Waals surface area contributed by atoms with Crippen molar-refractivity contribution in [3.8, 4) is 11.3 Å². The summed E-state index contributed by atoms with van der Waals surface area (Å²) in [6.45, 7) is 3.29. The summed E-state index contributed by atoms with van der Waals surface area (Å²) in [5.74, 6) is 2.64. The average molecular weight is 823 g/mol. The second-order valence-corrected chi connectivity index (χ2v) is 17.4. The Labute approximate surface area is 358 Å². The van der Waals surface area contributed by atoms with Crippen LogP contribution in [0.5, 0.6) is 0 Å². The number of aromatic nitrogens is 4. The Balaban J connectivity index is 0.808. The number of hydrogen-bond acceptors (Lipinski definition) is 7. The molecule has 12 nitrogen and oxygen atoms in total. The molecule has 3 saturated heterocycles. The Morgan fingerprint density at radius 2 is 1.30 bits per heavy atom. The van der Waals surface area contributed by atoms with Gasteiger partial charge in [0.05, 0.1) is 31.1 Å². The number of amides is 3. The number of nitrogens with one attached hydrogen (secondary N) is 3. The molecule has 0 spiro atoms. The molecule has 1 aliphatic carbocycles. The molecule has 4 fully saturated rings. The summed E-state index contributed by atoms with van der Waals surface area (Å²) < 4.78 is 4.87. The van der Waals surface area contributed by atoms with E-state index in [0.717, 1.165) is 124 Å². The van der Waals surface area contributed by atoms with Crippen LogP contribution in [0.2, 0.25) is 0 Å². The van der Waals surface area contributed by atoms with Crippen LogP contribution >= 0.6 is 0 Å². The molecule has 1 saturated carbocycles. The van der Waals surface area contributed by atoms with Crippen molar-refractivity contribution >= 4 is 17.9 Å². The number of rotatable bonds is 12. The Morgan fingerprint density at radius 1 is 0.689 bits per heavy atom. The van der Waals surface area contributed by atoms with E-state index in [1.165, 1.54) is 12.7 Å². The molecule has 61 heavy (non-hydrogen) atoms. The first-order valence-corrected chi connectivity index (χ1v) is 22.4. The summed E-state index contributed by atoms with van der Waals surface area (Å²) in [7, 11) is 1.32. The summed E-state index contributed by atoms with van der Waals surface area (Å²) in [4.78, 5) is 63.7. The number of benzene rings is 3. The van der Waals surface area contributed by atoms with Crippen molar-refractivity contribution in [1.82, 2.24) is 40.0 Å². The van der Waals surface area contributed by atoms with Crippen LogP contribution in [0.15, 0.2) is 97.3 Å². The zero-order valence-corrected chi connectivity index (χ0v) is 35.2. The first kappa shape index (κ1) is 40.6. The number of aromatic amines is 2. The maximum absolute atomic E-state index is 14.3. The lowest BCUT2D eigenvalue weighted by atomic mass is 9.77. The Kier molecular flexibility index (Phi) is 12.3. The molecule has 12 heteroatoms. The highest BCUT2D eigenvalue weighted by Gasteiger charge is 2.40.